The first-order valence-electron chi connectivity index (χ1n) is 8.30. The molecule has 2 aromatic rings. The number of carbonyl (C=O) groups is 2. The van der Waals surface area contributed by atoms with Crippen LogP contribution in [0.2, 0.25) is 0 Å². The van der Waals surface area contributed by atoms with Crippen molar-refractivity contribution in [2.45, 2.75) is 26.2 Å². The summed E-state index contributed by atoms with van der Waals surface area (Å²) < 4.78 is 10.4. The SMILES string of the molecule is COC(=O)C(c1ccccc1)C(C)(C)CCOC(=O)c1ccccc1. The molecule has 0 aromatic heterocycles. The Kier molecular flexibility index (Phi) is 6.34. The summed E-state index contributed by atoms with van der Waals surface area (Å²) in [4.78, 5) is 24.4. The highest BCUT2D eigenvalue weighted by Gasteiger charge is 2.37. The lowest BCUT2D eigenvalue weighted by Crippen LogP contribution is -2.31. The molecular formula is C21H24O4. The smallest absolute Gasteiger partial charge is 0.338 e. The van der Waals surface area contributed by atoms with Gasteiger partial charge in [-0.1, -0.05) is 62.4 Å². The number of esters is 2. The zero-order chi connectivity index (χ0) is 18.3. The molecule has 0 bridgehead atoms. The number of methoxy groups -OCH3 is 1. The molecule has 2 rings (SSSR count). The maximum Gasteiger partial charge on any atom is 0.338 e. The van der Waals surface area contributed by atoms with Gasteiger partial charge in [0, 0.05) is 0 Å². The molecule has 0 spiro atoms. The summed E-state index contributed by atoms with van der Waals surface area (Å²) in [5.74, 6) is -1.06. The number of carbonyl (C=O) groups excluding carboxylic acids is 2. The quantitative estimate of drug-likeness (QED) is 0.708. The molecular weight excluding hydrogens is 316 g/mol. The highest BCUT2D eigenvalue weighted by Crippen LogP contribution is 2.39. The second-order valence-electron chi connectivity index (χ2n) is 6.61. The third-order valence-corrected chi connectivity index (χ3v) is 4.34. The lowest BCUT2D eigenvalue weighted by Gasteiger charge is -2.32. The summed E-state index contributed by atoms with van der Waals surface area (Å²) in [5.41, 5.74) is 0.993. The molecule has 25 heavy (non-hydrogen) atoms. The maximum atomic E-state index is 12.3. The molecule has 0 radical (unpaired) electrons. The van der Waals surface area contributed by atoms with Gasteiger partial charge >= 0.3 is 11.9 Å². The first-order valence-corrected chi connectivity index (χ1v) is 8.30. The van der Waals surface area contributed by atoms with Crippen LogP contribution < -0.4 is 0 Å². The molecule has 132 valence electrons. The summed E-state index contributed by atoms with van der Waals surface area (Å²) in [5, 5.41) is 0. The van der Waals surface area contributed by atoms with Crippen LogP contribution in [0.3, 0.4) is 0 Å². The Morgan fingerprint density at radius 3 is 2.08 bits per heavy atom. The molecule has 4 nitrogen and oxygen atoms in total. The number of benzene rings is 2. The molecule has 0 amide bonds. The predicted molar refractivity (Wildman–Crippen MR) is 96.3 cm³/mol. The molecule has 0 aliphatic rings. The lowest BCUT2D eigenvalue weighted by molar-refractivity contribution is -0.145. The van der Waals surface area contributed by atoms with E-state index in [9.17, 15) is 9.59 Å². The average molecular weight is 340 g/mol. The topological polar surface area (TPSA) is 52.6 Å². The monoisotopic (exact) mass is 340 g/mol. The fraction of sp³-hybridized carbons (Fsp3) is 0.333. The van der Waals surface area contributed by atoms with Crippen molar-refractivity contribution in [3.05, 3.63) is 71.8 Å². The van der Waals surface area contributed by atoms with Gasteiger partial charge in [-0.15, -0.1) is 0 Å². The van der Waals surface area contributed by atoms with Crippen molar-refractivity contribution in [3.8, 4) is 0 Å². The largest absolute Gasteiger partial charge is 0.469 e. The molecule has 0 N–H and O–H groups in total. The van der Waals surface area contributed by atoms with Gasteiger partial charge in [-0.2, -0.15) is 0 Å². The molecule has 0 saturated carbocycles. The average Bonchev–Trinajstić information content (AvgIpc) is 2.62. The molecule has 0 aliphatic heterocycles. The van der Waals surface area contributed by atoms with Crippen molar-refractivity contribution in [1.29, 1.82) is 0 Å². The standard InChI is InChI=1S/C21H24O4/c1-21(2,14-15-25-19(22)17-12-8-5-9-13-17)18(20(23)24-3)16-10-6-4-7-11-16/h4-13,18H,14-15H2,1-3H3. The van der Waals surface area contributed by atoms with Gasteiger partial charge in [0.25, 0.3) is 0 Å². The van der Waals surface area contributed by atoms with Crippen molar-refractivity contribution in [1.82, 2.24) is 0 Å². The fourth-order valence-corrected chi connectivity index (χ4v) is 2.88. The van der Waals surface area contributed by atoms with Crippen LogP contribution in [0, 0.1) is 5.41 Å². The van der Waals surface area contributed by atoms with Crippen molar-refractivity contribution in [2.75, 3.05) is 13.7 Å². The molecule has 0 heterocycles. The minimum atomic E-state index is -0.425. The van der Waals surface area contributed by atoms with Crippen molar-refractivity contribution in [3.63, 3.8) is 0 Å². The van der Waals surface area contributed by atoms with E-state index in [-0.39, 0.29) is 18.5 Å². The number of hydrogen-bond donors (Lipinski definition) is 0. The zero-order valence-corrected chi connectivity index (χ0v) is 14.9. The Morgan fingerprint density at radius 1 is 0.960 bits per heavy atom. The Balaban J connectivity index is 2.05. The van der Waals surface area contributed by atoms with Crippen molar-refractivity contribution < 1.29 is 19.1 Å². The molecule has 0 saturated heterocycles. The minimum Gasteiger partial charge on any atom is -0.469 e. The fourth-order valence-electron chi connectivity index (χ4n) is 2.88. The third kappa shape index (κ3) is 4.92. The van der Waals surface area contributed by atoms with Crippen LogP contribution in [0.25, 0.3) is 0 Å². The second-order valence-corrected chi connectivity index (χ2v) is 6.61. The van der Waals surface area contributed by atoms with Crippen molar-refractivity contribution >= 4 is 11.9 Å². The van der Waals surface area contributed by atoms with Crippen LogP contribution >= 0.6 is 0 Å². The van der Waals surface area contributed by atoms with E-state index >= 15 is 0 Å². The van der Waals surface area contributed by atoms with Crippen LogP contribution in [0.4, 0.5) is 0 Å². The minimum absolute atomic E-state index is 0.237. The highest BCUT2D eigenvalue weighted by atomic mass is 16.5. The molecule has 4 heteroatoms. The predicted octanol–water partition coefficient (Wildman–Crippen LogP) is 4.22. The third-order valence-electron chi connectivity index (χ3n) is 4.34. The van der Waals surface area contributed by atoms with Crippen LogP contribution in [-0.4, -0.2) is 25.7 Å². The Hall–Kier alpha value is -2.62. The molecule has 2 aromatic carbocycles. The lowest BCUT2D eigenvalue weighted by atomic mass is 9.73. The van der Waals surface area contributed by atoms with E-state index in [1.165, 1.54) is 7.11 Å². The summed E-state index contributed by atoms with van der Waals surface area (Å²) in [6.45, 7) is 4.21. The van der Waals surface area contributed by atoms with Gasteiger partial charge in [0.2, 0.25) is 0 Å². The Labute approximate surface area is 148 Å². The second kappa shape index (κ2) is 8.47. The Bertz CT molecular complexity index is 692. The zero-order valence-electron chi connectivity index (χ0n) is 14.9. The van der Waals surface area contributed by atoms with E-state index in [4.69, 9.17) is 9.47 Å². The van der Waals surface area contributed by atoms with Gasteiger partial charge in [0.05, 0.1) is 25.2 Å². The number of ether oxygens (including phenoxy) is 2. The highest BCUT2D eigenvalue weighted by molar-refractivity contribution is 5.89. The molecule has 0 fully saturated rings. The van der Waals surface area contributed by atoms with Gasteiger partial charge in [-0.25, -0.2) is 4.79 Å². The summed E-state index contributed by atoms with van der Waals surface area (Å²) in [7, 11) is 1.39. The van der Waals surface area contributed by atoms with E-state index in [0.717, 1.165) is 5.56 Å². The molecule has 0 aliphatic carbocycles. The van der Waals surface area contributed by atoms with Crippen LogP contribution in [-0.2, 0) is 14.3 Å². The van der Waals surface area contributed by atoms with Crippen molar-refractivity contribution in [2.24, 2.45) is 5.41 Å². The van der Waals surface area contributed by atoms with E-state index in [1.54, 1.807) is 24.3 Å². The van der Waals surface area contributed by atoms with Crippen LogP contribution in [0.1, 0.15) is 42.1 Å². The van der Waals surface area contributed by atoms with E-state index in [0.29, 0.717) is 12.0 Å². The summed E-state index contributed by atoms with van der Waals surface area (Å²) >= 11 is 0. The van der Waals surface area contributed by atoms with E-state index in [2.05, 4.69) is 0 Å². The molecule has 1 unspecified atom stereocenters. The normalized spacial score (nSPS) is 12.3. The van der Waals surface area contributed by atoms with Gasteiger partial charge in [-0.05, 0) is 29.5 Å². The van der Waals surface area contributed by atoms with E-state index < -0.39 is 11.3 Å². The first kappa shape index (κ1) is 18.7. The van der Waals surface area contributed by atoms with Crippen LogP contribution in [0.15, 0.2) is 60.7 Å². The van der Waals surface area contributed by atoms with E-state index in [1.807, 2.05) is 50.2 Å². The Morgan fingerprint density at radius 2 is 1.52 bits per heavy atom. The maximum absolute atomic E-state index is 12.3. The van der Waals surface area contributed by atoms with Gasteiger partial charge in [0.1, 0.15) is 0 Å². The van der Waals surface area contributed by atoms with Gasteiger partial charge < -0.3 is 9.47 Å². The van der Waals surface area contributed by atoms with Gasteiger partial charge in [0.15, 0.2) is 0 Å². The number of hydrogen-bond acceptors (Lipinski definition) is 4. The first-order chi connectivity index (χ1) is 12.0. The number of rotatable bonds is 7. The summed E-state index contributed by atoms with van der Waals surface area (Å²) in [6.07, 6.45) is 0.542. The van der Waals surface area contributed by atoms with Gasteiger partial charge in [-0.3, -0.25) is 4.79 Å². The van der Waals surface area contributed by atoms with Crippen LogP contribution in [0.5, 0.6) is 0 Å². The summed E-state index contributed by atoms with van der Waals surface area (Å²) in [6, 6.07) is 18.4. The molecule has 1 atom stereocenters.